The van der Waals surface area contributed by atoms with Gasteiger partial charge in [-0.2, -0.15) is 0 Å². The zero-order chi connectivity index (χ0) is 13.0. The van der Waals surface area contributed by atoms with E-state index >= 15 is 0 Å². The van der Waals surface area contributed by atoms with Gasteiger partial charge in [0.15, 0.2) is 5.01 Å². The van der Waals surface area contributed by atoms with Crippen LogP contribution in [0.25, 0.3) is 10.6 Å². The van der Waals surface area contributed by atoms with Crippen LogP contribution in [0, 0.1) is 0 Å². The van der Waals surface area contributed by atoms with Gasteiger partial charge in [0.1, 0.15) is 0 Å². The number of aromatic nitrogens is 3. The second-order valence-corrected chi connectivity index (χ2v) is 5.04. The zero-order valence-corrected chi connectivity index (χ0v) is 11.3. The topological polar surface area (TPSA) is 59.8 Å². The second kappa shape index (κ2) is 5.77. The number of unbranched alkanes of at least 4 members (excludes halogenated alkanes) is 1. The average molecular weight is 264 g/mol. The van der Waals surface area contributed by atoms with Crippen LogP contribution < -0.4 is 10.9 Å². The molecule has 18 heavy (non-hydrogen) atoms. The molecule has 0 amide bonds. The number of nitrogens with zero attached hydrogens (tertiary/aromatic N) is 3. The number of aryl methyl sites for hydroxylation is 1. The summed E-state index contributed by atoms with van der Waals surface area (Å²) in [6.07, 6.45) is 4.05. The van der Waals surface area contributed by atoms with Crippen molar-refractivity contribution in [3.05, 3.63) is 28.7 Å². The summed E-state index contributed by atoms with van der Waals surface area (Å²) in [7, 11) is 1.73. The van der Waals surface area contributed by atoms with Gasteiger partial charge >= 0.3 is 0 Å². The number of hydrogen-bond donors (Lipinski definition) is 1. The van der Waals surface area contributed by atoms with E-state index < -0.39 is 0 Å². The lowest BCUT2D eigenvalue weighted by Gasteiger charge is -1.99. The maximum Gasteiger partial charge on any atom is 0.250 e. The van der Waals surface area contributed by atoms with Gasteiger partial charge in [0, 0.05) is 31.4 Å². The molecule has 5 nitrogen and oxygen atoms in total. The van der Waals surface area contributed by atoms with E-state index in [2.05, 4.69) is 22.4 Å². The van der Waals surface area contributed by atoms with Crippen molar-refractivity contribution < 1.29 is 0 Å². The second-order valence-electron chi connectivity index (χ2n) is 4.06. The minimum atomic E-state index is -0.0236. The monoisotopic (exact) mass is 264 g/mol. The molecule has 0 saturated carbocycles. The van der Waals surface area contributed by atoms with Crippen LogP contribution >= 0.6 is 11.3 Å². The van der Waals surface area contributed by atoms with Gasteiger partial charge in [-0.25, -0.2) is 0 Å². The van der Waals surface area contributed by atoms with Gasteiger partial charge in [0.2, 0.25) is 10.7 Å². The highest BCUT2D eigenvalue weighted by molar-refractivity contribution is 7.18. The third-order valence-corrected chi connectivity index (χ3v) is 3.49. The van der Waals surface area contributed by atoms with E-state index in [-0.39, 0.29) is 5.56 Å². The smallest absolute Gasteiger partial charge is 0.250 e. The predicted molar refractivity (Wildman–Crippen MR) is 74.0 cm³/mol. The fourth-order valence-corrected chi connectivity index (χ4v) is 2.26. The van der Waals surface area contributed by atoms with Crippen LogP contribution in [-0.2, 0) is 7.05 Å². The van der Waals surface area contributed by atoms with Crippen LogP contribution in [0.3, 0.4) is 0 Å². The zero-order valence-electron chi connectivity index (χ0n) is 10.5. The van der Waals surface area contributed by atoms with E-state index in [1.807, 2.05) is 0 Å². The Labute approximate surface area is 110 Å². The average Bonchev–Trinajstić information content (AvgIpc) is 2.82. The van der Waals surface area contributed by atoms with Gasteiger partial charge in [-0.3, -0.25) is 4.79 Å². The SMILES string of the molecule is CCCCNc1nnc(-c2ccc(=O)n(C)c2)s1. The molecule has 0 aromatic carbocycles. The molecular weight excluding hydrogens is 248 g/mol. The van der Waals surface area contributed by atoms with Gasteiger partial charge in [-0.05, 0) is 12.5 Å². The van der Waals surface area contributed by atoms with Crippen molar-refractivity contribution in [1.82, 2.24) is 14.8 Å². The van der Waals surface area contributed by atoms with Gasteiger partial charge in [-0.1, -0.05) is 24.7 Å². The molecule has 6 heteroatoms. The Balaban J connectivity index is 2.13. The highest BCUT2D eigenvalue weighted by Crippen LogP contribution is 2.25. The Kier molecular flexibility index (Phi) is 4.09. The summed E-state index contributed by atoms with van der Waals surface area (Å²) in [5.41, 5.74) is 0.891. The van der Waals surface area contributed by atoms with E-state index in [0.29, 0.717) is 0 Å². The largest absolute Gasteiger partial charge is 0.360 e. The normalized spacial score (nSPS) is 10.6. The van der Waals surface area contributed by atoms with Crippen LogP contribution in [0.2, 0.25) is 0 Å². The first-order valence-electron chi connectivity index (χ1n) is 5.95. The molecule has 0 aliphatic heterocycles. The van der Waals surface area contributed by atoms with Crippen LogP contribution in [0.4, 0.5) is 5.13 Å². The third-order valence-electron chi connectivity index (χ3n) is 2.56. The summed E-state index contributed by atoms with van der Waals surface area (Å²) in [4.78, 5) is 11.3. The summed E-state index contributed by atoms with van der Waals surface area (Å²) in [6.45, 7) is 3.07. The lowest BCUT2D eigenvalue weighted by atomic mass is 10.3. The number of hydrogen-bond acceptors (Lipinski definition) is 5. The van der Waals surface area contributed by atoms with E-state index in [0.717, 1.165) is 35.1 Å². The summed E-state index contributed by atoms with van der Waals surface area (Å²) < 4.78 is 1.54. The summed E-state index contributed by atoms with van der Waals surface area (Å²) >= 11 is 1.50. The Hall–Kier alpha value is -1.69. The Morgan fingerprint density at radius 1 is 1.39 bits per heavy atom. The molecule has 96 valence electrons. The fraction of sp³-hybridized carbons (Fsp3) is 0.417. The molecule has 0 unspecified atom stereocenters. The van der Waals surface area contributed by atoms with E-state index in [9.17, 15) is 4.79 Å². The number of anilines is 1. The maximum atomic E-state index is 11.3. The molecule has 2 rings (SSSR count). The van der Waals surface area contributed by atoms with Crippen molar-refractivity contribution in [2.75, 3.05) is 11.9 Å². The molecule has 0 aliphatic carbocycles. The molecule has 0 bridgehead atoms. The Morgan fingerprint density at radius 2 is 2.22 bits per heavy atom. The molecule has 2 aromatic rings. The predicted octanol–water partition coefficient (Wildman–Crippen LogP) is 2.12. The first kappa shape index (κ1) is 12.8. The van der Waals surface area contributed by atoms with Crippen LogP contribution in [0.5, 0.6) is 0 Å². The summed E-state index contributed by atoms with van der Waals surface area (Å²) in [6, 6.07) is 3.32. The maximum absolute atomic E-state index is 11.3. The van der Waals surface area contributed by atoms with Gasteiger partial charge in [0.25, 0.3) is 0 Å². The van der Waals surface area contributed by atoms with E-state index in [1.165, 1.54) is 11.3 Å². The van der Waals surface area contributed by atoms with Gasteiger partial charge in [-0.15, -0.1) is 10.2 Å². The molecule has 1 N–H and O–H groups in total. The van der Waals surface area contributed by atoms with Crippen LogP contribution in [0.1, 0.15) is 19.8 Å². The molecule has 0 aliphatic rings. The molecule has 2 heterocycles. The summed E-state index contributed by atoms with van der Waals surface area (Å²) in [5.74, 6) is 0. The number of rotatable bonds is 5. The van der Waals surface area contributed by atoms with E-state index in [4.69, 9.17) is 0 Å². The van der Waals surface area contributed by atoms with Crippen LogP contribution in [-0.4, -0.2) is 21.3 Å². The van der Waals surface area contributed by atoms with E-state index in [1.54, 1.807) is 29.9 Å². The van der Waals surface area contributed by atoms with Crippen molar-refractivity contribution in [3.63, 3.8) is 0 Å². The third kappa shape index (κ3) is 2.95. The first-order valence-corrected chi connectivity index (χ1v) is 6.77. The van der Waals surface area contributed by atoms with Gasteiger partial charge in [0.05, 0.1) is 0 Å². The summed E-state index contributed by atoms with van der Waals surface area (Å²) in [5, 5.41) is 13.1. The Morgan fingerprint density at radius 3 is 2.94 bits per heavy atom. The van der Waals surface area contributed by atoms with Crippen molar-refractivity contribution in [3.8, 4) is 10.6 Å². The number of pyridine rings is 1. The standard InChI is InChI=1S/C12H16N4OS/c1-3-4-7-13-12-15-14-11(18-12)9-5-6-10(17)16(2)8-9/h5-6,8H,3-4,7H2,1-2H3,(H,13,15). The molecule has 0 atom stereocenters. The quantitative estimate of drug-likeness (QED) is 0.840. The van der Waals surface area contributed by atoms with Crippen molar-refractivity contribution >= 4 is 16.5 Å². The van der Waals surface area contributed by atoms with Crippen LogP contribution in [0.15, 0.2) is 23.1 Å². The molecule has 0 fully saturated rings. The highest BCUT2D eigenvalue weighted by atomic mass is 32.1. The van der Waals surface area contributed by atoms with Crippen molar-refractivity contribution in [1.29, 1.82) is 0 Å². The highest BCUT2D eigenvalue weighted by Gasteiger charge is 2.06. The van der Waals surface area contributed by atoms with Gasteiger partial charge < -0.3 is 9.88 Å². The number of nitrogens with one attached hydrogen (secondary N) is 1. The Bertz CT molecular complexity index is 575. The van der Waals surface area contributed by atoms with Crippen molar-refractivity contribution in [2.45, 2.75) is 19.8 Å². The fourth-order valence-electron chi connectivity index (χ4n) is 1.50. The lowest BCUT2D eigenvalue weighted by molar-refractivity contribution is 0.831. The molecule has 0 spiro atoms. The lowest BCUT2D eigenvalue weighted by Crippen LogP contribution is -2.13. The molecule has 0 saturated heterocycles. The molecule has 0 radical (unpaired) electrons. The molecular formula is C12H16N4OS. The minimum absolute atomic E-state index is 0.0236. The minimum Gasteiger partial charge on any atom is -0.360 e. The molecule has 2 aromatic heterocycles. The first-order chi connectivity index (χ1) is 8.70. The van der Waals surface area contributed by atoms with Crippen molar-refractivity contribution in [2.24, 2.45) is 7.05 Å².